The van der Waals surface area contributed by atoms with Gasteiger partial charge < -0.3 is 16.4 Å². The molecule has 3 aliphatic rings. The van der Waals surface area contributed by atoms with E-state index in [0.29, 0.717) is 40.2 Å². The van der Waals surface area contributed by atoms with Crippen LogP contribution in [-0.4, -0.2) is 30.6 Å². The standard InChI is InChI=1S/C29H37ClN4O2/c1-4-24(33-27(35)17-8-10-20(30)11-9-17)25-22-14-29(31,15-23(22)25)34-26(28(36)32-3)19-7-5-6-18(13-19)21-12-16(21)2/h5-11,13,16,21-26,34H,4,12,14-15,31H2,1-3H3,(H,32,36)(H,33,35)/t16?,21-,22-,23+,24?,25?,26?,29?/m0/s1. The largest absolute Gasteiger partial charge is 0.358 e. The molecule has 3 aliphatic carbocycles. The van der Waals surface area contributed by atoms with E-state index in [9.17, 15) is 9.59 Å². The van der Waals surface area contributed by atoms with E-state index in [-0.39, 0.29) is 17.9 Å². The van der Waals surface area contributed by atoms with E-state index in [4.69, 9.17) is 17.3 Å². The highest BCUT2D eigenvalue weighted by atomic mass is 35.5. The average molecular weight is 509 g/mol. The maximum Gasteiger partial charge on any atom is 0.251 e. The van der Waals surface area contributed by atoms with E-state index < -0.39 is 11.7 Å². The molecular weight excluding hydrogens is 472 g/mol. The molecule has 0 spiro atoms. The van der Waals surface area contributed by atoms with Crippen molar-refractivity contribution in [3.05, 3.63) is 70.2 Å². The molecule has 0 aromatic heterocycles. The van der Waals surface area contributed by atoms with Crippen LogP contribution in [0.25, 0.3) is 0 Å². The molecule has 7 heteroatoms. The number of likely N-dealkylation sites (N-methyl/N-ethyl adjacent to an activating group) is 1. The summed E-state index contributed by atoms with van der Waals surface area (Å²) in [4.78, 5) is 25.7. The fourth-order valence-electron chi connectivity index (χ4n) is 6.50. The fraction of sp³-hybridized carbons (Fsp3) is 0.517. The van der Waals surface area contributed by atoms with Crippen molar-refractivity contribution in [2.75, 3.05) is 7.05 Å². The lowest BCUT2D eigenvalue weighted by Crippen LogP contribution is -2.56. The first kappa shape index (κ1) is 25.2. The van der Waals surface area contributed by atoms with Crippen molar-refractivity contribution in [1.29, 1.82) is 0 Å². The summed E-state index contributed by atoms with van der Waals surface area (Å²) in [5.74, 6) is 2.48. The lowest BCUT2D eigenvalue weighted by Gasteiger charge is -2.34. The molecule has 3 saturated carbocycles. The third-order valence-electron chi connectivity index (χ3n) is 8.65. The second-order valence-corrected chi connectivity index (χ2v) is 11.6. The molecule has 5 rings (SSSR count). The van der Waals surface area contributed by atoms with E-state index in [1.54, 1.807) is 31.3 Å². The molecule has 192 valence electrons. The Morgan fingerprint density at radius 1 is 1.14 bits per heavy atom. The Morgan fingerprint density at radius 3 is 2.39 bits per heavy atom. The van der Waals surface area contributed by atoms with Crippen LogP contribution in [0.5, 0.6) is 0 Å². The van der Waals surface area contributed by atoms with Crippen LogP contribution in [0.1, 0.15) is 73.0 Å². The molecule has 3 fully saturated rings. The smallest absolute Gasteiger partial charge is 0.251 e. The van der Waals surface area contributed by atoms with Gasteiger partial charge in [-0.3, -0.25) is 14.9 Å². The van der Waals surface area contributed by atoms with Crippen LogP contribution in [0.4, 0.5) is 0 Å². The number of carbonyl (C=O) groups is 2. The third kappa shape index (κ3) is 5.04. The topological polar surface area (TPSA) is 96.2 Å². The molecule has 0 saturated heterocycles. The van der Waals surface area contributed by atoms with Crippen LogP contribution >= 0.6 is 11.6 Å². The first-order valence-corrected chi connectivity index (χ1v) is 13.5. The van der Waals surface area contributed by atoms with Gasteiger partial charge in [-0.1, -0.05) is 49.7 Å². The first-order chi connectivity index (χ1) is 17.2. The number of carbonyl (C=O) groups excluding carboxylic acids is 2. The molecule has 6 nitrogen and oxygen atoms in total. The summed E-state index contributed by atoms with van der Waals surface area (Å²) in [5, 5.41) is 10.2. The molecule has 8 atom stereocenters. The molecule has 2 aromatic rings. The molecule has 0 heterocycles. The number of nitrogens with one attached hydrogen (secondary N) is 3. The Kier molecular flexibility index (Phi) is 6.88. The highest BCUT2D eigenvalue weighted by Crippen LogP contribution is 2.61. The van der Waals surface area contributed by atoms with Crippen LogP contribution in [0.2, 0.25) is 5.02 Å². The minimum atomic E-state index is -0.607. The molecule has 0 bridgehead atoms. The Labute approximate surface area is 218 Å². The van der Waals surface area contributed by atoms with Gasteiger partial charge in [-0.05, 0) is 90.7 Å². The summed E-state index contributed by atoms with van der Waals surface area (Å²) in [7, 11) is 1.67. The molecule has 2 aromatic carbocycles. The van der Waals surface area contributed by atoms with Crippen molar-refractivity contribution >= 4 is 23.4 Å². The lowest BCUT2D eigenvalue weighted by molar-refractivity contribution is -0.123. The highest BCUT2D eigenvalue weighted by Gasteiger charge is 2.62. The minimum absolute atomic E-state index is 0.0647. The van der Waals surface area contributed by atoms with Crippen LogP contribution < -0.4 is 21.7 Å². The SMILES string of the molecule is CCC(NC(=O)c1ccc(Cl)cc1)C1[C@H]2CC(N)(NC(C(=O)NC)c3cccc([C@H]4CC4C)c3)C[C@@H]12. The zero-order chi connectivity index (χ0) is 25.6. The molecule has 5 N–H and O–H groups in total. The van der Waals surface area contributed by atoms with Gasteiger partial charge in [0.25, 0.3) is 5.91 Å². The van der Waals surface area contributed by atoms with Crippen LogP contribution in [0.15, 0.2) is 48.5 Å². The number of rotatable bonds is 9. The van der Waals surface area contributed by atoms with Gasteiger partial charge in [0.1, 0.15) is 6.04 Å². The Hall–Kier alpha value is -2.41. The minimum Gasteiger partial charge on any atom is -0.358 e. The Morgan fingerprint density at radius 2 is 1.81 bits per heavy atom. The number of hydrogen-bond acceptors (Lipinski definition) is 4. The van der Waals surface area contributed by atoms with Gasteiger partial charge in [0.2, 0.25) is 5.91 Å². The van der Waals surface area contributed by atoms with Gasteiger partial charge in [0.15, 0.2) is 0 Å². The predicted molar refractivity (Wildman–Crippen MR) is 143 cm³/mol. The van der Waals surface area contributed by atoms with Crippen LogP contribution in [0.3, 0.4) is 0 Å². The number of benzene rings is 2. The normalized spacial score (nSPS) is 31.8. The first-order valence-electron chi connectivity index (χ1n) is 13.2. The molecule has 0 aliphatic heterocycles. The summed E-state index contributed by atoms with van der Waals surface area (Å²) in [5.41, 5.74) is 9.15. The second kappa shape index (κ2) is 9.81. The van der Waals surface area contributed by atoms with Gasteiger partial charge in [-0.15, -0.1) is 0 Å². The Balaban J connectivity index is 1.23. The molecule has 2 amide bonds. The van der Waals surface area contributed by atoms with E-state index >= 15 is 0 Å². The highest BCUT2D eigenvalue weighted by molar-refractivity contribution is 6.30. The fourth-order valence-corrected chi connectivity index (χ4v) is 6.63. The Bertz CT molecular complexity index is 1120. The third-order valence-corrected chi connectivity index (χ3v) is 8.90. The zero-order valence-corrected chi connectivity index (χ0v) is 22.0. The van der Waals surface area contributed by atoms with Gasteiger partial charge in [-0.25, -0.2) is 0 Å². The quantitative estimate of drug-likeness (QED) is 0.378. The zero-order valence-electron chi connectivity index (χ0n) is 21.3. The van der Waals surface area contributed by atoms with Crippen molar-refractivity contribution < 1.29 is 9.59 Å². The van der Waals surface area contributed by atoms with Gasteiger partial charge in [0.05, 0.1) is 5.66 Å². The predicted octanol–water partition coefficient (Wildman–Crippen LogP) is 4.36. The molecule has 36 heavy (non-hydrogen) atoms. The summed E-state index contributed by atoms with van der Waals surface area (Å²) in [6.07, 6.45) is 3.67. The lowest BCUT2D eigenvalue weighted by atomic mass is 9.93. The number of nitrogens with two attached hydrogens (primary N) is 1. The summed E-state index contributed by atoms with van der Waals surface area (Å²) < 4.78 is 0. The van der Waals surface area contributed by atoms with E-state index in [0.717, 1.165) is 24.8 Å². The maximum atomic E-state index is 12.9. The van der Waals surface area contributed by atoms with Crippen molar-refractivity contribution in [3.63, 3.8) is 0 Å². The monoisotopic (exact) mass is 508 g/mol. The van der Waals surface area contributed by atoms with Gasteiger partial charge in [0, 0.05) is 23.7 Å². The van der Waals surface area contributed by atoms with Gasteiger partial charge in [-0.2, -0.15) is 0 Å². The van der Waals surface area contributed by atoms with Crippen LogP contribution in [-0.2, 0) is 4.79 Å². The molecule has 0 radical (unpaired) electrons. The van der Waals surface area contributed by atoms with Crippen LogP contribution in [0, 0.1) is 23.7 Å². The van der Waals surface area contributed by atoms with Crippen molar-refractivity contribution in [1.82, 2.24) is 16.0 Å². The van der Waals surface area contributed by atoms with Crippen molar-refractivity contribution in [3.8, 4) is 0 Å². The summed E-state index contributed by atoms with van der Waals surface area (Å²) in [6, 6.07) is 15.0. The number of halogens is 1. The van der Waals surface area contributed by atoms with Gasteiger partial charge >= 0.3 is 0 Å². The number of fused-ring (bicyclic) bond motifs is 1. The molecule has 5 unspecified atom stereocenters. The number of amides is 2. The number of hydrogen-bond donors (Lipinski definition) is 4. The van der Waals surface area contributed by atoms with E-state index in [2.05, 4.69) is 41.9 Å². The van der Waals surface area contributed by atoms with E-state index in [1.165, 1.54) is 12.0 Å². The van der Waals surface area contributed by atoms with Crippen molar-refractivity contribution in [2.24, 2.45) is 29.4 Å². The van der Waals surface area contributed by atoms with E-state index in [1.807, 2.05) is 12.1 Å². The second-order valence-electron chi connectivity index (χ2n) is 11.1. The average Bonchev–Trinajstić information content (AvgIpc) is 3.74. The summed E-state index contributed by atoms with van der Waals surface area (Å²) >= 11 is 5.96. The molecular formula is C29H37ClN4O2. The summed E-state index contributed by atoms with van der Waals surface area (Å²) in [6.45, 7) is 4.38. The maximum absolute atomic E-state index is 12.9. The van der Waals surface area contributed by atoms with Crippen molar-refractivity contribution in [2.45, 2.75) is 63.2 Å².